The van der Waals surface area contributed by atoms with E-state index in [1.165, 1.54) is 0 Å². The van der Waals surface area contributed by atoms with E-state index in [1.807, 2.05) is 29.3 Å². The van der Waals surface area contributed by atoms with Crippen LogP contribution in [0, 0.1) is 0 Å². The number of ether oxygens (including phenoxy) is 1. The second-order valence-corrected chi connectivity index (χ2v) is 14.3. The number of nitrogens with two attached hydrogens (primary N) is 1. The number of nitrogens with zero attached hydrogens (tertiary/aromatic N) is 5. The van der Waals surface area contributed by atoms with Crippen LogP contribution in [0.2, 0.25) is 0 Å². The molecule has 2 aliphatic rings. The van der Waals surface area contributed by atoms with Crippen molar-refractivity contribution in [3.05, 3.63) is 108 Å². The van der Waals surface area contributed by atoms with Crippen LogP contribution in [-0.4, -0.2) is 84.8 Å². The summed E-state index contributed by atoms with van der Waals surface area (Å²) >= 11 is 0. The van der Waals surface area contributed by atoms with Gasteiger partial charge in [-0.15, -0.1) is 0 Å². The predicted octanol–water partition coefficient (Wildman–Crippen LogP) is 7.42. The van der Waals surface area contributed by atoms with Crippen LogP contribution in [-0.2, 0) is 14.3 Å². The van der Waals surface area contributed by atoms with Crippen molar-refractivity contribution in [2.24, 2.45) is 5.73 Å². The quantitative estimate of drug-likeness (QED) is 0.114. The average molecular weight is 743 g/mol. The third kappa shape index (κ3) is 7.91. The molecule has 55 heavy (non-hydrogen) atoms. The lowest BCUT2D eigenvalue weighted by Gasteiger charge is -2.34. The fourth-order valence-electron chi connectivity index (χ4n) is 8.14. The maximum Gasteiger partial charge on any atom is 0.405 e. The summed E-state index contributed by atoms with van der Waals surface area (Å²) < 4.78 is 5.07. The topological polar surface area (TPSA) is 154 Å². The number of benzene rings is 3. The number of H-pyrrole nitrogens is 2. The Labute approximate surface area is 322 Å². The van der Waals surface area contributed by atoms with Gasteiger partial charge < -0.3 is 30.2 Å². The second kappa shape index (κ2) is 16.7. The Morgan fingerprint density at radius 1 is 0.727 bits per heavy atom. The molecule has 0 spiro atoms. The van der Waals surface area contributed by atoms with E-state index in [2.05, 4.69) is 94.4 Å². The highest BCUT2D eigenvalue weighted by Gasteiger charge is 2.38. The van der Waals surface area contributed by atoms with Crippen molar-refractivity contribution in [3.8, 4) is 33.6 Å². The van der Waals surface area contributed by atoms with Crippen molar-refractivity contribution < 1.29 is 19.1 Å². The first-order chi connectivity index (χ1) is 26.8. The van der Waals surface area contributed by atoms with E-state index in [0.29, 0.717) is 25.3 Å². The molecule has 4 atom stereocenters. The van der Waals surface area contributed by atoms with Gasteiger partial charge in [0.2, 0.25) is 5.91 Å². The van der Waals surface area contributed by atoms with E-state index in [4.69, 9.17) is 15.5 Å². The minimum Gasteiger partial charge on any atom is -0.436 e. The highest BCUT2D eigenvalue weighted by atomic mass is 16.6. The number of aromatic nitrogens is 4. The normalized spacial score (nSPS) is 18.1. The predicted molar refractivity (Wildman–Crippen MR) is 211 cm³/mol. The molecule has 12 heteroatoms. The van der Waals surface area contributed by atoms with Gasteiger partial charge in [0.25, 0.3) is 5.91 Å². The molecule has 0 saturated carbocycles. The highest BCUT2D eigenvalue weighted by Crippen LogP contribution is 2.36. The van der Waals surface area contributed by atoms with Gasteiger partial charge >= 0.3 is 6.09 Å². The van der Waals surface area contributed by atoms with Crippen molar-refractivity contribution >= 4 is 17.9 Å². The number of rotatable bonds is 13. The number of carbonyl (C=O) groups is 3. The zero-order valence-electron chi connectivity index (χ0n) is 31.8. The molecule has 4 N–H and O–H groups in total. The molecule has 7 rings (SSSR count). The molecule has 2 aromatic heterocycles. The van der Waals surface area contributed by atoms with Crippen molar-refractivity contribution in [3.63, 3.8) is 0 Å². The average Bonchev–Trinajstić information content (AvgIpc) is 4.06. The Morgan fingerprint density at radius 2 is 1.20 bits per heavy atom. The smallest absolute Gasteiger partial charge is 0.405 e. The van der Waals surface area contributed by atoms with Crippen molar-refractivity contribution in [1.29, 1.82) is 0 Å². The molecule has 286 valence electrons. The Balaban J connectivity index is 1.02. The number of carbonyl (C=O) groups excluding carboxylic acids is 3. The lowest BCUT2D eigenvalue weighted by atomic mass is 10.0. The maximum atomic E-state index is 14.2. The lowest BCUT2D eigenvalue weighted by Crippen LogP contribution is -2.43. The third-order valence-electron chi connectivity index (χ3n) is 11.1. The number of likely N-dealkylation sites (N-methyl/N-ethyl adjacent to an activating group) is 1. The summed E-state index contributed by atoms with van der Waals surface area (Å²) in [5.74, 6) is 1.41. The SMILES string of the molecule is CC[C@H](OC(N)=O)C(=O)N1CCC[C@H]1c1ncc(-c2ccc(-c3ccc(-c4cnc([C@@H]5CCCN5C(=O)[C@@H](c5ccccc5)N(CC)CC)[nH]4)cc3)cc2)[nH]1. The number of nitrogens with one attached hydrogen (secondary N) is 2. The van der Waals surface area contributed by atoms with Crippen LogP contribution >= 0.6 is 0 Å². The molecule has 5 aromatic rings. The Hall–Kier alpha value is -5.75. The number of hydrogen-bond acceptors (Lipinski definition) is 7. The summed E-state index contributed by atoms with van der Waals surface area (Å²) in [6.45, 7) is 8.87. The van der Waals surface area contributed by atoms with E-state index in [0.717, 1.165) is 83.8 Å². The molecule has 3 aromatic carbocycles. The van der Waals surface area contributed by atoms with Crippen molar-refractivity contribution in [2.75, 3.05) is 26.2 Å². The first kappa shape index (κ1) is 37.6. The largest absolute Gasteiger partial charge is 0.436 e. The van der Waals surface area contributed by atoms with Crippen LogP contribution in [0.5, 0.6) is 0 Å². The van der Waals surface area contributed by atoms with Gasteiger partial charge in [0.15, 0.2) is 6.10 Å². The number of amides is 3. The van der Waals surface area contributed by atoms with Crippen molar-refractivity contribution in [1.82, 2.24) is 34.6 Å². The van der Waals surface area contributed by atoms with Gasteiger partial charge in [-0.1, -0.05) is 99.6 Å². The Morgan fingerprint density at radius 3 is 1.65 bits per heavy atom. The van der Waals surface area contributed by atoms with Gasteiger partial charge in [-0.2, -0.15) is 0 Å². The zero-order chi connectivity index (χ0) is 38.5. The van der Waals surface area contributed by atoms with Gasteiger partial charge in [-0.25, -0.2) is 14.8 Å². The lowest BCUT2D eigenvalue weighted by molar-refractivity contribution is -0.141. The molecule has 2 fully saturated rings. The van der Waals surface area contributed by atoms with E-state index in [-0.39, 0.29) is 29.9 Å². The molecule has 0 unspecified atom stereocenters. The minimum absolute atomic E-state index is 0.0948. The van der Waals surface area contributed by atoms with E-state index < -0.39 is 12.2 Å². The second-order valence-electron chi connectivity index (χ2n) is 14.3. The molecule has 0 radical (unpaired) electrons. The van der Waals surface area contributed by atoms with Crippen LogP contribution < -0.4 is 5.73 Å². The van der Waals surface area contributed by atoms with Gasteiger partial charge in [0, 0.05) is 13.1 Å². The van der Waals surface area contributed by atoms with Crippen LogP contribution in [0.15, 0.2) is 91.3 Å². The molecule has 12 nitrogen and oxygen atoms in total. The van der Waals surface area contributed by atoms with E-state index in [9.17, 15) is 14.4 Å². The summed E-state index contributed by atoms with van der Waals surface area (Å²) in [6, 6.07) is 26.2. The number of primary amides is 1. The molecule has 2 saturated heterocycles. The standard InChI is InChI=1S/C43H50N8O4/c1-4-37(55-43(44)54)41(52)50-24-10-14-35(50)39-45-26-33(47-39)30-20-16-28(17-21-30)29-18-22-31(23-19-29)34-27-46-40(48-34)36-15-11-25-51(36)42(53)38(49(5-2)6-3)32-12-8-7-9-13-32/h7-9,12-13,16-23,26-27,35-38H,4-6,10-11,14-15,24-25H2,1-3H3,(H2,44,54)(H,45,47)(H,46,48)/t35-,36-,37-,38+/m0/s1. The molecule has 2 aliphatic heterocycles. The number of likely N-dealkylation sites (tertiary alicyclic amines) is 2. The van der Waals surface area contributed by atoms with Crippen LogP contribution in [0.4, 0.5) is 4.79 Å². The van der Waals surface area contributed by atoms with Gasteiger partial charge in [0.1, 0.15) is 17.7 Å². The summed E-state index contributed by atoms with van der Waals surface area (Å²) in [6.07, 6.45) is 5.58. The van der Waals surface area contributed by atoms with E-state index in [1.54, 1.807) is 18.0 Å². The van der Waals surface area contributed by atoms with Crippen molar-refractivity contribution in [2.45, 2.75) is 77.1 Å². The van der Waals surface area contributed by atoms with Gasteiger partial charge in [-0.3, -0.25) is 14.5 Å². The summed E-state index contributed by atoms with van der Waals surface area (Å²) in [5, 5.41) is 0. The summed E-state index contributed by atoms with van der Waals surface area (Å²) in [5.41, 5.74) is 12.2. The summed E-state index contributed by atoms with van der Waals surface area (Å²) in [4.78, 5) is 61.1. The molecular formula is C43H50N8O4. The van der Waals surface area contributed by atoms with Gasteiger partial charge in [-0.05, 0) is 73.0 Å². The fraction of sp³-hybridized carbons (Fsp3) is 0.372. The zero-order valence-corrected chi connectivity index (χ0v) is 31.8. The van der Waals surface area contributed by atoms with Crippen LogP contribution in [0.3, 0.4) is 0 Å². The van der Waals surface area contributed by atoms with Gasteiger partial charge in [0.05, 0.1) is 35.9 Å². The molecule has 0 aliphatic carbocycles. The fourth-order valence-corrected chi connectivity index (χ4v) is 8.14. The highest BCUT2D eigenvalue weighted by molar-refractivity contribution is 5.84. The number of aromatic amines is 2. The first-order valence-corrected chi connectivity index (χ1v) is 19.5. The monoisotopic (exact) mass is 742 g/mol. The third-order valence-corrected chi connectivity index (χ3v) is 11.1. The number of hydrogen-bond donors (Lipinski definition) is 3. The van der Waals surface area contributed by atoms with E-state index >= 15 is 0 Å². The first-order valence-electron chi connectivity index (χ1n) is 19.5. The summed E-state index contributed by atoms with van der Waals surface area (Å²) in [7, 11) is 0. The minimum atomic E-state index is -0.951. The maximum absolute atomic E-state index is 14.2. The Bertz CT molecular complexity index is 2070. The molecule has 3 amide bonds. The molecule has 0 bridgehead atoms. The molecule has 4 heterocycles. The number of imidazole rings is 2. The van der Waals surface area contributed by atoms with Crippen LogP contribution in [0.1, 0.15) is 88.2 Å². The molecular weight excluding hydrogens is 693 g/mol. The Kier molecular flexibility index (Phi) is 11.4. The van der Waals surface area contributed by atoms with Crippen LogP contribution in [0.25, 0.3) is 33.6 Å².